The van der Waals surface area contributed by atoms with Crippen molar-refractivity contribution in [2.75, 3.05) is 6.61 Å². The van der Waals surface area contributed by atoms with Gasteiger partial charge in [0.15, 0.2) is 5.78 Å². The fraction of sp³-hybridized carbons (Fsp3) is 0.533. The molecule has 3 heteroatoms. The smallest absolute Gasteiger partial charge is 0.163 e. The van der Waals surface area contributed by atoms with Crippen LogP contribution in [0.5, 0.6) is 5.75 Å². The van der Waals surface area contributed by atoms with E-state index in [4.69, 9.17) is 9.47 Å². The van der Waals surface area contributed by atoms with Crippen LogP contribution in [-0.4, -0.2) is 24.1 Å². The summed E-state index contributed by atoms with van der Waals surface area (Å²) in [5.74, 6) is 0.677. The summed E-state index contributed by atoms with van der Waals surface area (Å²) in [6, 6.07) is 7.34. The standard InChI is InChI=1S/C15H20O3/c1-11(16)13-6-4-5-7-14(13)17-10-12-8-9-15(2,3)18-12/h4-7,12H,8-10H2,1-3H3. The maximum absolute atomic E-state index is 11.5. The number of ketones is 1. The summed E-state index contributed by atoms with van der Waals surface area (Å²) in [4.78, 5) is 11.5. The van der Waals surface area contributed by atoms with E-state index in [1.807, 2.05) is 18.2 Å². The lowest BCUT2D eigenvalue weighted by Gasteiger charge is -2.19. The highest BCUT2D eigenvalue weighted by atomic mass is 16.6. The largest absolute Gasteiger partial charge is 0.490 e. The van der Waals surface area contributed by atoms with E-state index in [1.165, 1.54) is 0 Å². The van der Waals surface area contributed by atoms with Crippen LogP contribution < -0.4 is 4.74 Å². The highest BCUT2D eigenvalue weighted by Crippen LogP contribution is 2.30. The van der Waals surface area contributed by atoms with Crippen LogP contribution in [-0.2, 0) is 4.74 Å². The third-order valence-corrected chi connectivity index (χ3v) is 3.25. The lowest BCUT2D eigenvalue weighted by Crippen LogP contribution is -2.24. The predicted octanol–water partition coefficient (Wildman–Crippen LogP) is 3.23. The van der Waals surface area contributed by atoms with Crippen molar-refractivity contribution in [2.45, 2.75) is 45.3 Å². The molecule has 98 valence electrons. The zero-order valence-electron chi connectivity index (χ0n) is 11.2. The normalized spacial score (nSPS) is 21.8. The van der Waals surface area contributed by atoms with E-state index in [1.54, 1.807) is 13.0 Å². The first-order chi connectivity index (χ1) is 8.48. The first kappa shape index (κ1) is 13.1. The fourth-order valence-electron chi connectivity index (χ4n) is 2.26. The van der Waals surface area contributed by atoms with E-state index in [2.05, 4.69) is 13.8 Å². The molecule has 1 aliphatic rings. The second-order valence-electron chi connectivity index (χ2n) is 5.40. The van der Waals surface area contributed by atoms with Crippen molar-refractivity contribution >= 4 is 5.78 Å². The Labute approximate surface area is 108 Å². The monoisotopic (exact) mass is 248 g/mol. The SMILES string of the molecule is CC(=O)c1ccccc1OCC1CCC(C)(C)O1. The third kappa shape index (κ3) is 3.10. The van der Waals surface area contributed by atoms with Crippen molar-refractivity contribution in [3.63, 3.8) is 0 Å². The number of carbonyl (C=O) groups is 1. The van der Waals surface area contributed by atoms with Gasteiger partial charge in [-0.05, 0) is 45.7 Å². The van der Waals surface area contributed by atoms with Crippen LogP contribution in [0.1, 0.15) is 44.0 Å². The Balaban J connectivity index is 1.97. The lowest BCUT2D eigenvalue weighted by atomic mass is 10.1. The molecule has 1 unspecified atom stereocenters. The zero-order chi connectivity index (χ0) is 13.2. The van der Waals surface area contributed by atoms with Gasteiger partial charge in [-0.2, -0.15) is 0 Å². The maximum Gasteiger partial charge on any atom is 0.163 e. The fourth-order valence-corrected chi connectivity index (χ4v) is 2.26. The van der Waals surface area contributed by atoms with Crippen molar-refractivity contribution in [1.29, 1.82) is 0 Å². The second-order valence-corrected chi connectivity index (χ2v) is 5.40. The minimum atomic E-state index is -0.0475. The van der Waals surface area contributed by atoms with Gasteiger partial charge in [0.05, 0.1) is 17.3 Å². The topological polar surface area (TPSA) is 35.5 Å². The van der Waals surface area contributed by atoms with Crippen molar-refractivity contribution < 1.29 is 14.3 Å². The van der Waals surface area contributed by atoms with Crippen molar-refractivity contribution in [1.82, 2.24) is 0 Å². The number of rotatable bonds is 4. The van der Waals surface area contributed by atoms with Crippen LogP contribution in [0.2, 0.25) is 0 Å². The van der Waals surface area contributed by atoms with E-state index in [0.717, 1.165) is 12.8 Å². The van der Waals surface area contributed by atoms with Crippen LogP contribution in [0.3, 0.4) is 0 Å². The average Bonchev–Trinajstić information content (AvgIpc) is 2.66. The molecule has 1 aromatic carbocycles. The summed E-state index contributed by atoms with van der Waals surface area (Å²) in [5.41, 5.74) is 0.587. The van der Waals surface area contributed by atoms with Gasteiger partial charge in [0, 0.05) is 0 Å². The highest BCUT2D eigenvalue weighted by Gasteiger charge is 2.32. The van der Waals surface area contributed by atoms with Gasteiger partial charge in [0.25, 0.3) is 0 Å². The van der Waals surface area contributed by atoms with Crippen molar-refractivity contribution in [3.05, 3.63) is 29.8 Å². The summed E-state index contributed by atoms with van der Waals surface area (Å²) in [5, 5.41) is 0. The van der Waals surface area contributed by atoms with Crippen LogP contribution in [0.4, 0.5) is 0 Å². The molecule has 0 radical (unpaired) electrons. The molecular formula is C15H20O3. The predicted molar refractivity (Wildman–Crippen MR) is 70.1 cm³/mol. The molecule has 0 bridgehead atoms. The molecule has 1 saturated heterocycles. The van der Waals surface area contributed by atoms with E-state index in [0.29, 0.717) is 17.9 Å². The minimum absolute atomic E-state index is 0.0262. The van der Waals surface area contributed by atoms with Crippen LogP contribution in [0, 0.1) is 0 Å². The molecule has 0 amide bonds. The maximum atomic E-state index is 11.5. The number of ether oxygens (including phenoxy) is 2. The summed E-state index contributed by atoms with van der Waals surface area (Å²) in [6.45, 7) is 6.25. The number of carbonyl (C=O) groups excluding carboxylic acids is 1. The highest BCUT2D eigenvalue weighted by molar-refractivity contribution is 5.96. The average molecular weight is 248 g/mol. The van der Waals surface area contributed by atoms with Gasteiger partial charge in [0.1, 0.15) is 12.4 Å². The first-order valence-corrected chi connectivity index (χ1v) is 6.38. The molecule has 1 aliphatic heterocycles. The van der Waals surface area contributed by atoms with Gasteiger partial charge < -0.3 is 9.47 Å². The Bertz CT molecular complexity index is 437. The van der Waals surface area contributed by atoms with Gasteiger partial charge in [-0.1, -0.05) is 12.1 Å². The molecule has 0 saturated carbocycles. The van der Waals surface area contributed by atoms with Gasteiger partial charge in [-0.15, -0.1) is 0 Å². The van der Waals surface area contributed by atoms with Crippen molar-refractivity contribution in [2.24, 2.45) is 0 Å². The number of para-hydroxylation sites is 1. The summed E-state index contributed by atoms with van der Waals surface area (Å²) < 4.78 is 11.6. The zero-order valence-corrected chi connectivity index (χ0v) is 11.2. The molecule has 18 heavy (non-hydrogen) atoms. The number of hydrogen-bond donors (Lipinski definition) is 0. The van der Waals surface area contributed by atoms with Crippen LogP contribution in [0.25, 0.3) is 0 Å². The Morgan fingerprint density at radius 3 is 2.78 bits per heavy atom. The molecular weight excluding hydrogens is 228 g/mol. The van der Waals surface area contributed by atoms with E-state index >= 15 is 0 Å². The molecule has 0 N–H and O–H groups in total. The van der Waals surface area contributed by atoms with E-state index in [-0.39, 0.29) is 17.5 Å². The van der Waals surface area contributed by atoms with E-state index < -0.39 is 0 Å². The quantitative estimate of drug-likeness (QED) is 0.767. The van der Waals surface area contributed by atoms with Crippen molar-refractivity contribution in [3.8, 4) is 5.75 Å². The van der Waals surface area contributed by atoms with E-state index in [9.17, 15) is 4.79 Å². The molecule has 0 aromatic heterocycles. The van der Waals surface area contributed by atoms with Crippen LogP contribution in [0.15, 0.2) is 24.3 Å². The molecule has 0 spiro atoms. The van der Waals surface area contributed by atoms with Gasteiger partial charge in [-0.25, -0.2) is 0 Å². The van der Waals surface area contributed by atoms with Gasteiger partial charge in [0.2, 0.25) is 0 Å². The summed E-state index contributed by atoms with van der Waals surface area (Å²) >= 11 is 0. The third-order valence-electron chi connectivity index (χ3n) is 3.25. The Morgan fingerprint density at radius 1 is 1.44 bits per heavy atom. The Kier molecular flexibility index (Phi) is 3.71. The lowest BCUT2D eigenvalue weighted by molar-refractivity contribution is -0.0327. The van der Waals surface area contributed by atoms with Gasteiger partial charge in [-0.3, -0.25) is 4.79 Å². The molecule has 2 rings (SSSR count). The molecule has 1 heterocycles. The minimum Gasteiger partial charge on any atom is -0.490 e. The van der Waals surface area contributed by atoms with Crippen LogP contribution >= 0.6 is 0 Å². The summed E-state index contributed by atoms with van der Waals surface area (Å²) in [6.07, 6.45) is 2.19. The molecule has 1 atom stereocenters. The first-order valence-electron chi connectivity index (χ1n) is 6.38. The summed E-state index contributed by atoms with van der Waals surface area (Å²) in [7, 11) is 0. The Morgan fingerprint density at radius 2 is 2.17 bits per heavy atom. The molecule has 3 nitrogen and oxygen atoms in total. The molecule has 0 aliphatic carbocycles. The number of Topliss-reactive ketones (excluding diaryl/α,β-unsaturated/α-hetero) is 1. The van der Waals surface area contributed by atoms with Gasteiger partial charge >= 0.3 is 0 Å². The second kappa shape index (κ2) is 5.11. The molecule has 1 fully saturated rings. The number of hydrogen-bond acceptors (Lipinski definition) is 3. The Hall–Kier alpha value is -1.35. The molecule has 1 aromatic rings. The number of benzene rings is 1.